The van der Waals surface area contributed by atoms with Crippen molar-refractivity contribution >= 4 is 15.3 Å². The van der Waals surface area contributed by atoms with Crippen LogP contribution >= 0.6 is 15.3 Å². The van der Waals surface area contributed by atoms with E-state index >= 15 is 0 Å². The van der Waals surface area contributed by atoms with E-state index in [1.54, 1.807) is 0 Å². The van der Waals surface area contributed by atoms with E-state index in [2.05, 4.69) is 0 Å². The molecule has 0 aromatic rings. The Kier molecular flexibility index (Phi) is 3.75. The molecule has 0 radical (unpaired) electrons. The number of nitrogens with zero attached hydrogens (tertiary/aromatic N) is 1. The summed E-state index contributed by atoms with van der Waals surface area (Å²) in [6, 6.07) is 0. The van der Waals surface area contributed by atoms with Crippen molar-refractivity contribution in [1.29, 1.82) is 0 Å². The first-order valence-corrected chi connectivity index (χ1v) is 7.57. The van der Waals surface area contributed by atoms with Gasteiger partial charge in [-0.05, 0) is 0 Å². The molecule has 0 atom stereocenters. The molecule has 0 aromatic heterocycles. The second-order valence-corrected chi connectivity index (χ2v) is 6.96. The van der Waals surface area contributed by atoms with E-state index in [1.807, 2.05) is 0 Å². The number of hydrogen-bond acceptors (Lipinski definition) is 3. The third kappa shape index (κ3) is 3.34. The first kappa shape index (κ1) is 13.3. The number of ether oxygens (including phenoxy) is 1. The highest BCUT2D eigenvalue weighted by molar-refractivity contribution is 7.52. The van der Waals surface area contributed by atoms with Gasteiger partial charge in [-0.1, -0.05) is 0 Å². The summed E-state index contributed by atoms with van der Waals surface area (Å²) in [5.41, 5.74) is 0. The van der Waals surface area contributed by atoms with E-state index in [4.69, 9.17) is 24.3 Å². The lowest BCUT2D eigenvalue weighted by atomic mass is 10.5. The van der Waals surface area contributed by atoms with E-state index < -0.39 is 25.9 Å². The maximum atomic E-state index is 11.3. The Morgan fingerprint density at radius 1 is 1.07 bits per heavy atom. The van der Waals surface area contributed by atoms with Crippen LogP contribution in [0.5, 0.6) is 0 Å². The fourth-order valence-corrected chi connectivity index (χ4v) is 4.32. The monoisotopic (exact) mass is 262 g/mol. The predicted octanol–water partition coefficient (Wildman–Crippen LogP) is -0.939. The van der Waals surface area contributed by atoms with Crippen LogP contribution in [0.3, 0.4) is 0 Å². The highest BCUT2D eigenvalue weighted by atomic mass is 31.2. The van der Waals surface area contributed by atoms with Gasteiger partial charge in [0.1, 0.15) is 13.1 Å². The van der Waals surface area contributed by atoms with Crippen LogP contribution in [0.25, 0.3) is 0 Å². The Morgan fingerprint density at radius 3 is 1.87 bits per heavy atom. The Morgan fingerprint density at radius 2 is 1.53 bits per heavy atom. The fourth-order valence-electron chi connectivity index (χ4n) is 1.51. The van der Waals surface area contributed by atoms with Crippen molar-refractivity contribution in [3.05, 3.63) is 0 Å². The highest BCUT2D eigenvalue weighted by Crippen LogP contribution is 2.54. The molecule has 8 nitrogen and oxygen atoms in total. The van der Waals surface area contributed by atoms with Crippen molar-refractivity contribution in [1.82, 2.24) is 0 Å². The molecule has 0 bridgehead atoms. The van der Waals surface area contributed by atoms with E-state index in [9.17, 15) is 9.13 Å². The smallest absolute Gasteiger partial charge is 0.370 e. The number of rotatable bonds is 3. The molecule has 1 fully saturated rings. The maximum absolute atomic E-state index is 11.3. The normalized spacial score (nSPS) is 22.7. The molecule has 10 heteroatoms. The number of hydrogen-bond donors (Lipinski definition) is 4. The summed E-state index contributed by atoms with van der Waals surface area (Å²) in [6.45, 7) is 0.000988. The predicted molar refractivity (Wildman–Crippen MR) is 49.8 cm³/mol. The molecule has 0 amide bonds. The molecule has 0 aliphatic carbocycles. The van der Waals surface area contributed by atoms with Gasteiger partial charge in [0.05, 0.1) is 13.2 Å². The van der Waals surface area contributed by atoms with Crippen molar-refractivity contribution in [3.63, 3.8) is 0 Å². The van der Waals surface area contributed by atoms with E-state index in [0.29, 0.717) is 0 Å². The van der Waals surface area contributed by atoms with Gasteiger partial charge in [-0.2, -0.15) is 0 Å². The first-order chi connectivity index (χ1) is 6.66. The van der Waals surface area contributed by atoms with Crippen LogP contribution in [0.1, 0.15) is 0 Å². The summed E-state index contributed by atoms with van der Waals surface area (Å²) in [4.78, 5) is 35.9. The van der Waals surface area contributed by atoms with Gasteiger partial charge in [-0.15, -0.1) is 0 Å². The van der Waals surface area contributed by atoms with Crippen LogP contribution < -0.4 is 0 Å². The van der Waals surface area contributed by atoms with Crippen molar-refractivity contribution in [2.24, 2.45) is 0 Å². The SMILES string of the molecule is O=P(O)(O)C[N+]1(P(=O)(O)O)CCOCC1. The van der Waals surface area contributed by atoms with E-state index in [-0.39, 0.29) is 26.3 Å². The average molecular weight is 262 g/mol. The van der Waals surface area contributed by atoms with Gasteiger partial charge in [0.15, 0.2) is 6.29 Å². The summed E-state index contributed by atoms with van der Waals surface area (Å²) in [7, 11) is -9.07. The summed E-state index contributed by atoms with van der Waals surface area (Å²) in [5.74, 6) is 0. The molecule has 1 aliphatic heterocycles. The van der Waals surface area contributed by atoms with Crippen LogP contribution in [0.15, 0.2) is 0 Å². The van der Waals surface area contributed by atoms with Crippen molar-refractivity contribution in [2.75, 3.05) is 32.6 Å². The lowest BCUT2D eigenvalue weighted by molar-refractivity contribution is -0.822. The third-order valence-corrected chi connectivity index (χ3v) is 5.08. The quantitative estimate of drug-likeness (QED) is 0.484. The Balaban J connectivity index is 2.96. The lowest BCUT2D eigenvalue weighted by Crippen LogP contribution is -2.52. The molecule has 1 rings (SSSR count). The molecule has 0 aromatic carbocycles. The zero-order valence-electron chi connectivity index (χ0n) is 7.89. The van der Waals surface area contributed by atoms with Gasteiger partial charge >= 0.3 is 15.3 Å². The fraction of sp³-hybridized carbons (Fsp3) is 1.00. The Hall–Kier alpha value is 0.220. The first-order valence-electron chi connectivity index (χ1n) is 4.21. The standard InChI is InChI=1S/C5H13NO7P2/c7-14(8,9)5-6(15(10,11)12)1-3-13-4-2-6/h1-5H2,(H3-,7,8,9,10,11,12)/p+1. The summed E-state index contributed by atoms with van der Waals surface area (Å²) in [5, 5.41) is 0. The minimum absolute atomic E-state index is 0.0879. The van der Waals surface area contributed by atoms with Crippen LogP contribution in [0.2, 0.25) is 0 Å². The van der Waals surface area contributed by atoms with Crippen LogP contribution in [-0.4, -0.2) is 56.4 Å². The van der Waals surface area contributed by atoms with Crippen LogP contribution in [0, 0.1) is 0 Å². The highest BCUT2D eigenvalue weighted by Gasteiger charge is 2.50. The van der Waals surface area contributed by atoms with Gasteiger partial charge < -0.3 is 14.5 Å². The molecule has 90 valence electrons. The lowest BCUT2D eigenvalue weighted by Gasteiger charge is -2.39. The van der Waals surface area contributed by atoms with Gasteiger partial charge in [-0.25, -0.2) is 8.82 Å². The topological polar surface area (TPSA) is 124 Å². The molecule has 4 N–H and O–H groups in total. The summed E-state index contributed by atoms with van der Waals surface area (Å²) >= 11 is 0. The molecular weight excluding hydrogens is 248 g/mol. The van der Waals surface area contributed by atoms with Crippen LogP contribution in [-0.2, 0) is 13.9 Å². The average Bonchev–Trinajstić information content (AvgIpc) is 2.00. The van der Waals surface area contributed by atoms with Crippen molar-refractivity contribution in [2.45, 2.75) is 0 Å². The largest absolute Gasteiger partial charge is 0.527 e. The Bertz CT molecular complexity index is 313. The van der Waals surface area contributed by atoms with Gasteiger partial charge in [0.25, 0.3) is 0 Å². The second-order valence-electron chi connectivity index (χ2n) is 3.47. The molecule has 1 heterocycles. The molecule has 0 spiro atoms. The molecule has 15 heavy (non-hydrogen) atoms. The van der Waals surface area contributed by atoms with Crippen molar-refractivity contribution in [3.8, 4) is 0 Å². The van der Waals surface area contributed by atoms with Gasteiger partial charge in [0, 0.05) is 0 Å². The summed E-state index contributed by atoms with van der Waals surface area (Å²) in [6.07, 6.45) is -0.847. The van der Waals surface area contributed by atoms with Crippen LogP contribution in [0.4, 0.5) is 0 Å². The molecule has 1 saturated heterocycles. The number of morpholine rings is 1. The molecule has 0 saturated carbocycles. The minimum Gasteiger partial charge on any atom is -0.370 e. The second kappa shape index (κ2) is 4.24. The van der Waals surface area contributed by atoms with Gasteiger partial charge in [0.2, 0.25) is 0 Å². The van der Waals surface area contributed by atoms with Gasteiger partial charge in [-0.3, -0.25) is 14.4 Å². The van der Waals surface area contributed by atoms with Crippen molar-refractivity contribution < 1.29 is 37.7 Å². The van der Waals surface area contributed by atoms with E-state index in [0.717, 1.165) is 0 Å². The third-order valence-electron chi connectivity index (χ3n) is 2.30. The molecular formula is C5H14NO7P2+. The zero-order chi connectivity index (χ0) is 11.7. The van der Waals surface area contributed by atoms with E-state index in [1.165, 1.54) is 0 Å². The Labute approximate surface area is 86.4 Å². The maximum Gasteiger partial charge on any atom is 0.527 e. The number of quaternary nitrogens is 1. The molecule has 0 unspecified atom stereocenters. The molecule has 1 aliphatic rings. The summed E-state index contributed by atoms with van der Waals surface area (Å²) < 4.78 is 26.1. The minimum atomic E-state index is -4.60. The zero-order valence-corrected chi connectivity index (χ0v) is 9.68.